The maximum Gasteiger partial charge on any atom is 0.490 e. The van der Waals surface area contributed by atoms with Crippen LogP contribution in [0.25, 0.3) is 22.6 Å². The van der Waals surface area contributed by atoms with Gasteiger partial charge in [0.05, 0.1) is 12.1 Å². The molecule has 3 heterocycles. The predicted octanol–water partition coefficient (Wildman–Crippen LogP) is 5.06. The topological polar surface area (TPSA) is 107 Å². The molecule has 3 aromatic rings. The van der Waals surface area contributed by atoms with Gasteiger partial charge in [-0.1, -0.05) is 0 Å². The summed E-state index contributed by atoms with van der Waals surface area (Å²) in [4.78, 5) is 35.9. The van der Waals surface area contributed by atoms with E-state index in [0.717, 1.165) is 9.99 Å². The van der Waals surface area contributed by atoms with E-state index >= 15 is 0 Å². The molecule has 0 bridgehead atoms. The first kappa shape index (κ1) is 30.6. The number of pyridine rings is 1. The lowest BCUT2D eigenvalue weighted by Gasteiger charge is -2.33. The standard InChI is InChI=1S/C25H23BrF6N4O5/c26-16-9-19-21(33-10-16)35-20(34-19)15-1-3-17(4-2-15)39-13-18(41-23(38)25(30,31)32)11-36-7-5-14(6-8-36)12-40-22(37)24(27,28)29/h1-4,9-10,14,18H,5-8,11-13H2,(H,33,34,35). The number of halogens is 7. The summed E-state index contributed by atoms with van der Waals surface area (Å²) >= 11 is 3.34. The molecule has 16 heteroatoms. The third-order valence-corrected chi connectivity index (χ3v) is 6.66. The fourth-order valence-electron chi connectivity index (χ4n) is 4.15. The van der Waals surface area contributed by atoms with Crippen LogP contribution in [0.2, 0.25) is 0 Å². The van der Waals surface area contributed by atoms with Crippen LogP contribution in [0.5, 0.6) is 5.75 Å². The van der Waals surface area contributed by atoms with Crippen LogP contribution < -0.4 is 4.74 Å². The Bertz CT molecular complexity index is 1360. The number of aromatic amines is 1. The number of hydrogen-bond donors (Lipinski definition) is 1. The Morgan fingerprint density at radius 2 is 1.71 bits per heavy atom. The Balaban J connectivity index is 1.33. The lowest BCUT2D eigenvalue weighted by atomic mass is 9.97. The number of alkyl halides is 6. The van der Waals surface area contributed by atoms with Gasteiger partial charge in [-0.05, 0) is 78.1 Å². The second kappa shape index (κ2) is 12.6. The number of fused-ring (bicyclic) bond motifs is 1. The molecule has 2 aromatic heterocycles. The van der Waals surface area contributed by atoms with Crippen LogP contribution in [0.15, 0.2) is 41.0 Å². The highest BCUT2D eigenvalue weighted by Gasteiger charge is 2.43. The summed E-state index contributed by atoms with van der Waals surface area (Å²) in [5, 5.41) is 0. The van der Waals surface area contributed by atoms with Crippen LogP contribution in [0.4, 0.5) is 26.3 Å². The smallest absolute Gasteiger partial charge is 0.490 e. The normalized spacial score (nSPS) is 16.0. The van der Waals surface area contributed by atoms with Crippen molar-refractivity contribution in [2.75, 3.05) is 32.8 Å². The zero-order valence-corrected chi connectivity index (χ0v) is 22.7. The quantitative estimate of drug-likeness (QED) is 0.253. The maximum atomic E-state index is 12.9. The van der Waals surface area contributed by atoms with Crippen molar-refractivity contribution >= 4 is 39.0 Å². The van der Waals surface area contributed by atoms with E-state index < -0.39 is 37.0 Å². The molecule has 1 aliphatic rings. The summed E-state index contributed by atoms with van der Waals surface area (Å²) in [7, 11) is 0. The van der Waals surface area contributed by atoms with E-state index in [-0.39, 0.29) is 32.2 Å². The molecule has 1 atom stereocenters. The highest BCUT2D eigenvalue weighted by molar-refractivity contribution is 9.10. The molecular formula is C25H23BrF6N4O5. The molecule has 1 saturated heterocycles. The molecule has 1 unspecified atom stereocenters. The molecule has 222 valence electrons. The molecule has 0 aliphatic carbocycles. The minimum Gasteiger partial charge on any atom is -0.490 e. The number of H-pyrrole nitrogens is 1. The first-order chi connectivity index (χ1) is 19.3. The Kier molecular flexibility index (Phi) is 9.41. The number of rotatable bonds is 9. The first-order valence-electron chi connectivity index (χ1n) is 12.3. The molecule has 4 rings (SSSR count). The van der Waals surface area contributed by atoms with Crippen LogP contribution in [-0.2, 0) is 19.1 Å². The first-order valence-corrected chi connectivity index (χ1v) is 13.1. The third kappa shape index (κ3) is 8.55. The SMILES string of the molecule is O=C(OCC1CCN(CC(COc2ccc(-c3nc4ncc(Br)cc4[nH]3)cc2)OC(=O)C(F)(F)F)CC1)C(F)(F)F. The number of nitrogens with zero attached hydrogens (tertiary/aromatic N) is 3. The number of nitrogens with one attached hydrogen (secondary N) is 1. The molecular weight excluding hydrogens is 630 g/mol. The van der Waals surface area contributed by atoms with E-state index in [4.69, 9.17) is 4.74 Å². The number of aromatic nitrogens is 3. The average molecular weight is 653 g/mol. The van der Waals surface area contributed by atoms with Crippen LogP contribution in [0, 0.1) is 5.92 Å². The number of piperidine rings is 1. The summed E-state index contributed by atoms with van der Waals surface area (Å²) in [5.74, 6) is -4.12. The molecule has 0 saturated carbocycles. The number of hydrogen-bond acceptors (Lipinski definition) is 8. The van der Waals surface area contributed by atoms with Crippen LogP contribution in [-0.4, -0.2) is 83.1 Å². The van der Waals surface area contributed by atoms with Gasteiger partial charge in [0, 0.05) is 22.8 Å². The van der Waals surface area contributed by atoms with Crippen molar-refractivity contribution in [2.24, 2.45) is 5.92 Å². The van der Waals surface area contributed by atoms with Crippen LogP contribution in [0.1, 0.15) is 12.8 Å². The van der Waals surface area contributed by atoms with E-state index in [1.807, 2.05) is 6.07 Å². The minimum atomic E-state index is -5.20. The monoisotopic (exact) mass is 652 g/mol. The van der Waals surface area contributed by atoms with Gasteiger partial charge in [0.1, 0.15) is 24.3 Å². The van der Waals surface area contributed by atoms with Crippen molar-refractivity contribution in [3.8, 4) is 17.1 Å². The fraction of sp³-hybridized carbons (Fsp3) is 0.440. The minimum absolute atomic E-state index is 0.101. The average Bonchev–Trinajstić information content (AvgIpc) is 3.33. The number of carbonyl (C=O) groups is 2. The van der Waals surface area contributed by atoms with Crippen molar-refractivity contribution in [3.63, 3.8) is 0 Å². The lowest BCUT2D eigenvalue weighted by Crippen LogP contribution is -2.44. The van der Waals surface area contributed by atoms with Gasteiger partial charge in [0.2, 0.25) is 0 Å². The van der Waals surface area contributed by atoms with Gasteiger partial charge in [0.25, 0.3) is 0 Å². The fourth-order valence-corrected chi connectivity index (χ4v) is 4.48. The molecule has 1 N–H and O–H groups in total. The Morgan fingerprint density at radius 1 is 1.05 bits per heavy atom. The molecule has 0 radical (unpaired) electrons. The highest BCUT2D eigenvalue weighted by Crippen LogP contribution is 2.25. The molecule has 0 spiro atoms. The van der Waals surface area contributed by atoms with Crippen molar-refractivity contribution in [2.45, 2.75) is 31.3 Å². The van der Waals surface area contributed by atoms with Crippen molar-refractivity contribution in [1.29, 1.82) is 0 Å². The van der Waals surface area contributed by atoms with E-state index in [2.05, 4.69) is 40.4 Å². The second-order valence-electron chi connectivity index (χ2n) is 9.31. The summed E-state index contributed by atoms with van der Waals surface area (Å²) in [5.41, 5.74) is 1.94. The highest BCUT2D eigenvalue weighted by atomic mass is 79.9. The largest absolute Gasteiger partial charge is 0.490 e. The van der Waals surface area contributed by atoms with E-state index in [1.165, 1.54) is 0 Å². The summed E-state index contributed by atoms with van der Waals surface area (Å²) in [6.07, 6.45) is -9.29. The van der Waals surface area contributed by atoms with Crippen LogP contribution in [0.3, 0.4) is 0 Å². The van der Waals surface area contributed by atoms with Gasteiger partial charge < -0.3 is 19.2 Å². The summed E-state index contributed by atoms with van der Waals surface area (Å²) in [6, 6.07) is 8.37. The zero-order valence-electron chi connectivity index (χ0n) is 21.1. The molecule has 9 nitrogen and oxygen atoms in total. The van der Waals surface area contributed by atoms with Gasteiger partial charge in [-0.25, -0.2) is 19.6 Å². The number of likely N-dealkylation sites (tertiary alicyclic amines) is 1. The van der Waals surface area contributed by atoms with Gasteiger partial charge in [-0.2, -0.15) is 26.3 Å². The number of esters is 2. The van der Waals surface area contributed by atoms with Gasteiger partial charge >= 0.3 is 24.3 Å². The maximum absolute atomic E-state index is 12.9. The van der Waals surface area contributed by atoms with Crippen molar-refractivity contribution in [1.82, 2.24) is 19.9 Å². The number of ether oxygens (including phenoxy) is 3. The van der Waals surface area contributed by atoms with E-state index in [9.17, 15) is 35.9 Å². The van der Waals surface area contributed by atoms with E-state index in [0.29, 0.717) is 35.6 Å². The Hall–Kier alpha value is -3.40. The Morgan fingerprint density at radius 3 is 2.34 bits per heavy atom. The number of imidazole rings is 1. The van der Waals surface area contributed by atoms with Gasteiger partial charge in [-0.15, -0.1) is 0 Å². The number of benzene rings is 1. The second-order valence-corrected chi connectivity index (χ2v) is 10.2. The molecule has 41 heavy (non-hydrogen) atoms. The zero-order chi connectivity index (χ0) is 29.8. The summed E-state index contributed by atoms with van der Waals surface area (Å²) < 4.78 is 90.9. The number of carbonyl (C=O) groups excluding carboxylic acids is 2. The van der Waals surface area contributed by atoms with Crippen LogP contribution >= 0.6 is 15.9 Å². The van der Waals surface area contributed by atoms with Gasteiger partial charge in [0.15, 0.2) is 5.65 Å². The van der Waals surface area contributed by atoms with E-state index in [1.54, 1.807) is 35.4 Å². The van der Waals surface area contributed by atoms with Crippen molar-refractivity contribution < 1.29 is 50.1 Å². The molecule has 1 aliphatic heterocycles. The summed E-state index contributed by atoms with van der Waals surface area (Å²) in [6.45, 7) is -0.332. The third-order valence-electron chi connectivity index (χ3n) is 6.22. The molecule has 1 aromatic carbocycles. The lowest BCUT2D eigenvalue weighted by molar-refractivity contribution is -0.206. The van der Waals surface area contributed by atoms with Gasteiger partial charge in [-0.3, -0.25) is 4.90 Å². The Labute approximate surface area is 237 Å². The molecule has 1 fully saturated rings. The predicted molar refractivity (Wildman–Crippen MR) is 135 cm³/mol. The molecule has 0 amide bonds. The van der Waals surface area contributed by atoms with Crippen molar-refractivity contribution in [3.05, 3.63) is 41.0 Å².